The van der Waals surface area contributed by atoms with Crippen LogP contribution >= 0.6 is 0 Å². The van der Waals surface area contributed by atoms with Crippen LogP contribution < -0.4 is 0 Å². The Balaban J connectivity index is -0.0000000800. The molecule has 6 heteroatoms. The summed E-state index contributed by atoms with van der Waals surface area (Å²) in [7, 11) is 0. The van der Waals surface area contributed by atoms with Crippen molar-refractivity contribution < 1.29 is 83.3 Å². The van der Waals surface area contributed by atoms with Crippen molar-refractivity contribution in [2.45, 2.75) is 27.7 Å². The number of hydrogen-bond donors (Lipinski definition) is 2. The molecule has 0 aromatic rings. The molecular formula is C10H16CeO4Ti. The fourth-order valence-electron chi connectivity index (χ4n) is 0.588. The van der Waals surface area contributed by atoms with Crippen molar-refractivity contribution in [1.29, 1.82) is 0 Å². The number of carbonyl (C=O) groups is 2. The normalized spacial score (nSPS) is 10.0. The predicted molar refractivity (Wildman–Crippen MR) is 54.1 cm³/mol. The molecule has 0 aromatic carbocycles. The summed E-state index contributed by atoms with van der Waals surface area (Å²) >= 11 is 0. The largest absolute Gasteiger partial charge is 0.512 e. The predicted octanol–water partition coefficient (Wildman–Crippen LogP) is 2.07. The van der Waals surface area contributed by atoms with Crippen molar-refractivity contribution in [1.82, 2.24) is 0 Å². The van der Waals surface area contributed by atoms with E-state index in [-0.39, 0.29) is 86.5 Å². The Morgan fingerprint density at radius 2 is 1.00 bits per heavy atom. The van der Waals surface area contributed by atoms with Gasteiger partial charge in [0, 0.05) is 75.6 Å². The SMILES string of the molecule is CC(=O)/C=C(/C)O.CC(=O)/C=C(/C)O.[Ce].[Ti]. The van der Waals surface area contributed by atoms with Gasteiger partial charge in [-0.15, -0.1) is 0 Å². The van der Waals surface area contributed by atoms with Crippen molar-refractivity contribution in [3.05, 3.63) is 23.7 Å². The van der Waals surface area contributed by atoms with Gasteiger partial charge in [-0.05, 0) is 27.7 Å². The minimum Gasteiger partial charge on any atom is -0.512 e. The van der Waals surface area contributed by atoms with Crippen molar-refractivity contribution in [3.8, 4) is 0 Å². The van der Waals surface area contributed by atoms with Crippen LogP contribution in [0.2, 0.25) is 0 Å². The van der Waals surface area contributed by atoms with E-state index in [4.69, 9.17) is 10.2 Å². The van der Waals surface area contributed by atoms with Gasteiger partial charge >= 0.3 is 0 Å². The summed E-state index contributed by atoms with van der Waals surface area (Å²) in [6.45, 7) is 5.70. The van der Waals surface area contributed by atoms with Crippen LogP contribution in [0.5, 0.6) is 0 Å². The van der Waals surface area contributed by atoms with Gasteiger partial charge in [0.15, 0.2) is 11.6 Å². The molecule has 16 heavy (non-hydrogen) atoms. The standard InChI is InChI=1S/2C5H8O2.Ce.Ti/c2*1-4(6)3-5(2)7;;/h2*3,6H,1-2H3;;/b2*4-3-;;. The maximum absolute atomic E-state index is 10.0. The first kappa shape index (κ1) is 25.4. The van der Waals surface area contributed by atoms with Gasteiger partial charge in [-0.1, -0.05) is 0 Å². The Bertz CT molecular complexity index is 236. The molecule has 0 aliphatic rings. The van der Waals surface area contributed by atoms with Crippen molar-refractivity contribution in [2.75, 3.05) is 0 Å². The van der Waals surface area contributed by atoms with Crippen LogP contribution in [0.3, 0.4) is 0 Å². The molecule has 0 aliphatic heterocycles. The van der Waals surface area contributed by atoms with E-state index in [0.29, 0.717) is 0 Å². The van der Waals surface area contributed by atoms with Gasteiger partial charge in [-0.2, -0.15) is 0 Å². The Kier molecular flexibility index (Phi) is 24.6. The third-order valence-electron chi connectivity index (χ3n) is 0.824. The summed E-state index contributed by atoms with van der Waals surface area (Å²) in [6, 6.07) is 0. The van der Waals surface area contributed by atoms with Gasteiger partial charge in [0.1, 0.15) is 0 Å². The van der Waals surface area contributed by atoms with E-state index in [0.717, 1.165) is 0 Å². The number of aliphatic hydroxyl groups excluding tert-OH is 2. The number of ketones is 2. The van der Waals surface area contributed by atoms with Crippen molar-refractivity contribution in [3.63, 3.8) is 0 Å². The molecule has 0 aliphatic carbocycles. The van der Waals surface area contributed by atoms with Crippen LogP contribution in [0.4, 0.5) is 0 Å². The van der Waals surface area contributed by atoms with E-state index < -0.39 is 0 Å². The second-order valence-corrected chi connectivity index (χ2v) is 2.79. The third kappa shape index (κ3) is 36.6. The monoisotopic (exact) mass is 388 g/mol. The van der Waals surface area contributed by atoms with Gasteiger partial charge in [0.2, 0.25) is 0 Å². The maximum Gasteiger partial charge on any atom is 0.155 e. The van der Waals surface area contributed by atoms with E-state index in [1.807, 2.05) is 0 Å². The van der Waals surface area contributed by atoms with Crippen molar-refractivity contribution in [2.24, 2.45) is 0 Å². The second-order valence-electron chi connectivity index (χ2n) is 2.79. The topological polar surface area (TPSA) is 74.6 Å². The molecule has 0 atom stereocenters. The molecule has 0 heterocycles. The van der Waals surface area contributed by atoms with Crippen LogP contribution in [0, 0.1) is 41.7 Å². The van der Waals surface area contributed by atoms with Gasteiger partial charge in [0.25, 0.3) is 0 Å². The maximum atomic E-state index is 10.0. The minimum atomic E-state index is -0.125. The number of carbonyl (C=O) groups excluding carboxylic acids is 2. The molecule has 0 rings (SSSR count). The van der Waals surface area contributed by atoms with Crippen molar-refractivity contribution >= 4 is 11.6 Å². The number of aliphatic hydroxyl groups is 2. The fraction of sp³-hybridized carbons (Fsp3) is 0.400. The summed E-state index contributed by atoms with van der Waals surface area (Å²) in [4.78, 5) is 20.0. The van der Waals surface area contributed by atoms with Crippen LogP contribution in [-0.4, -0.2) is 21.8 Å². The van der Waals surface area contributed by atoms with Crippen LogP contribution in [-0.2, 0) is 31.3 Å². The van der Waals surface area contributed by atoms with Crippen LogP contribution in [0.1, 0.15) is 27.7 Å². The molecule has 0 spiro atoms. The Labute approximate surface area is 144 Å². The smallest absolute Gasteiger partial charge is 0.155 e. The summed E-state index contributed by atoms with van der Waals surface area (Å²) in [5, 5.41) is 16.7. The zero-order valence-electron chi connectivity index (χ0n) is 9.87. The average molecular weight is 388 g/mol. The minimum absolute atomic E-state index is 0. The Morgan fingerprint density at radius 1 is 0.812 bits per heavy atom. The molecule has 2 N–H and O–H groups in total. The van der Waals surface area contributed by atoms with Gasteiger partial charge in [0.05, 0.1) is 11.5 Å². The summed E-state index contributed by atoms with van der Waals surface area (Å²) < 4.78 is 0. The van der Waals surface area contributed by atoms with E-state index in [1.54, 1.807) is 0 Å². The number of rotatable bonds is 2. The van der Waals surface area contributed by atoms with Gasteiger partial charge in [-0.25, -0.2) is 0 Å². The molecule has 0 unspecified atom stereocenters. The molecule has 0 bridgehead atoms. The quantitative estimate of drug-likeness (QED) is 0.432. The van der Waals surface area contributed by atoms with Crippen LogP contribution in [0.25, 0.3) is 0 Å². The third-order valence-corrected chi connectivity index (χ3v) is 0.824. The molecule has 4 nitrogen and oxygen atoms in total. The first-order valence-corrected chi connectivity index (χ1v) is 4.01. The Morgan fingerprint density at radius 3 is 1.00 bits per heavy atom. The zero-order valence-corrected chi connectivity index (χ0v) is 14.6. The Hall–Kier alpha value is 0.511. The second kappa shape index (κ2) is 15.5. The number of hydrogen-bond acceptors (Lipinski definition) is 4. The fourth-order valence-corrected chi connectivity index (χ4v) is 0.588. The van der Waals surface area contributed by atoms with Crippen LogP contribution in [0.15, 0.2) is 23.7 Å². The van der Waals surface area contributed by atoms with E-state index >= 15 is 0 Å². The van der Waals surface area contributed by atoms with Gasteiger partial charge < -0.3 is 10.2 Å². The number of allylic oxidation sites excluding steroid dienone is 4. The van der Waals surface area contributed by atoms with E-state index in [1.165, 1.54) is 39.8 Å². The van der Waals surface area contributed by atoms with E-state index in [9.17, 15) is 9.59 Å². The first-order valence-electron chi connectivity index (χ1n) is 4.01. The zero-order chi connectivity index (χ0) is 11.7. The first-order chi connectivity index (χ1) is 6.25. The molecule has 0 aromatic heterocycles. The molecule has 0 saturated heterocycles. The average Bonchev–Trinajstić information content (AvgIpc) is 1.79. The molecule has 0 amide bonds. The molecule has 88 valence electrons. The molecule has 0 saturated carbocycles. The summed E-state index contributed by atoms with van der Waals surface area (Å²) in [6.07, 6.45) is 2.33. The van der Waals surface area contributed by atoms with E-state index in [2.05, 4.69) is 0 Å². The summed E-state index contributed by atoms with van der Waals surface area (Å²) in [5.74, 6) is -0.125. The van der Waals surface area contributed by atoms with Gasteiger partial charge in [-0.3, -0.25) is 9.59 Å². The molecule has 0 radical (unpaired) electrons. The molecule has 0 fully saturated rings. The summed E-state index contributed by atoms with van der Waals surface area (Å²) in [5.41, 5.74) is 0. The molecular weight excluding hydrogens is 372 g/mol.